The summed E-state index contributed by atoms with van der Waals surface area (Å²) in [5.74, 6) is 0.334. The first-order valence-electron chi connectivity index (χ1n) is 13.8. The maximum absolute atomic E-state index is 9.41. The highest BCUT2D eigenvalue weighted by Crippen LogP contribution is 2.40. The fourth-order valence-electron chi connectivity index (χ4n) is 5.86. The zero-order chi connectivity index (χ0) is 27.8. The van der Waals surface area contributed by atoms with Gasteiger partial charge < -0.3 is 5.11 Å². The van der Waals surface area contributed by atoms with Crippen molar-refractivity contribution in [3.05, 3.63) is 151 Å². The van der Waals surface area contributed by atoms with E-state index < -0.39 is 0 Å². The van der Waals surface area contributed by atoms with Gasteiger partial charge in [-0.15, -0.1) is 11.3 Å². The quantitative estimate of drug-likeness (QED) is 0.215. The van der Waals surface area contributed by atoms with Crippen LogP contribution >= 0.6 is 11.3 Å². The minimum Gasteiger partial charge on any atom is -0.508 e. The predicted octanol–water partition coefficient (Wildman–Crippen LogP) is 11.4. The number of phenolic OH excluding ortho intramolecular Hbond substituents is 1. The van der Waals surface area contributed by atoms with Crippen LogP contribution < -0.4 is 0 Å². The molecule has 8 aromatic rings. The van der Waals surface area contributed by atoms with Gasteiger partial charge in [0.2, 0.25) is 0 Å². The Labute approximate surface area is 243 Å². The van der Waals surface area contributed by atoms with Crippen LogP contribution in [0.25, 0.3) is 64.0 Å². The summed E-state index contributed by atoms with van der Waals surface area (Å²) in [7, 11) is 0. The molecule has 1 aromatic heterocycles. The molecule has 0 fully saturated rings. The minimum atomic E-state index is 0.334. The Morgan fingerprint density at radius 3 is 1.66 bits per heavy atom. The molecule has 0 aliphatic carbocycles. The summed E-state index contributed by atoms with van der Waals surface area (Å²) >= 11 is 1.76. The zero-order valence-corrected chi connectivity index (χ0v) is 23.5. The number of fused-ring (bicyclic) bond motifs is 5. The largest absolute Gasteiger partial charge is 0.508 e. The van der Waals surface area contributed by atoms with Crippen molar-refractivity contribution in [3.8, 4) is 28.0 Å². The van der Waals surface area contributed by atoms with E-state index in [9.17, 15) is 5.11 Å². The second-order valence-corrected chi connectivity index (χ2v) is 11.4. The standard InChI is InChI=1S/C27H20.C12H8OS/c1-19-23-14-5-7-16-25(23)27(26-17-8-6-15-24(19)26)22-13-9-12-21(18-22)20-10-3-2-4-11-20;13-8-5-6-12-10(7-8)9-3-1-2-4-11(9)14-12/h2-18H,1H3;1-7,13H. The molecule has 0 unspecified atom stereocenters. The van der Waals surface area contributed by atoms with E-state index in [2.05, 4.69) is 122 Å². The van der Waals surface area contributed by atoms with Gasteiger partial charge in [-0.2, -0.15) is 0 Å². The number of rotatable bonds is 2. The molecule has 2 heteroatoms. The third kappa shape index (κ3) is 4.63. The van der Waals surface area contributed by atoms with Gasteiger partial charge in [0.25, 0.3) is 0 Å². The Bertz CT molecular complexity index is 2120. The highest BCUT2D eigenvalue weighted by Gasteiger charge is 2.13. The van der Waals surface area contributed by atoms with Gasteiger partial charge >= 0.3 is 0 Å². The van der Waals surface area contributed by atoms with E-state index in [0.29, 0.717) is 5.75 Å². The van der Waals surface area contributed by atoms with E-state index in [1.807, 2.05) is 24.3 Å². The lowest BCUT2D eigenvalue weighted by Gasteiger charge is -2.16. The third-order valence-corrected chi connectivity index (χ3v) is 8.97. The molecule has 0 saturated heterocycles. The number of hydrogen-bond acceptors (Lipinski definition) is 2. The normalized spacial score (nSPS) is 11.1. The number of aromatic hydroxyl groups is 1. The van der Waals surface area contributed by atoms with E-state index in [-0.39, 0.29) is 0 Å². The summed E-state index contributed by atoms with van der Waals surface area (Å²) in [6.07, 6.45) is 0. The van der Waals surface area contributed by atoms with Crippen molar-refractivity contribution in [2.75, 3.05) is 0 Å². The van der Waals surface area contributed by atoms with Gasteiger partial charge in [0, 0.05) is 20.2 Å². The van der Waals surface area contributed by atoms with Crippen LogP contribution in [0.2, 0.25) is 0 Å². The van der Waals surface area contributed by atoms with Crippen LogP contribution in [0, 0.1) is 6.92 Å². The Morgan fingerprint density at radius 2 is 0.951 bits per heavy atom. The molecule has 0 aliphatic rings. The van der Waals surface area contributed by atoms with E-state index in [0.717, 1.165) is 5.39 Å². The first-order valence-corrected chi connectivity index (χ1v) is 14.7. The lowest BCUT2D eigenvalue weighted by Crippen LogP contribution is -1.89. The highest BCUT2D eigenvalue weighted by atomic mass is 32.1. The summed E-state index contributed by atoms with van der Waals surface area (Å²) in [6, 6.07) is 50.8. The van der Waals surface area contributed by atoms with Crippen LogP contribution in [0.3, 0.4) is 0 Å². The molecule has 0 saturated carbocycles. The molecule has 0 amide bonds. The number of hydrogen-bond donors (Lipinski definition) is 1. The average molecular weight is 545 g/mol. The SMILES string of the molecule is Cc1c2ccccc2c(-c2cccc(-c3ccccc3)c2)c2ccccc12.Oc1ccc2sc3ccccc3c2c1. The lowest BCUT2D eigenvalue weighted by atomic mass is 9.88. The monoisotopic (exact) mass is 544 g/mol. The molecular formula is C39H28OS. The second-order valence-electron chi connectivity index (χ2n) is 10.3. The van der Waals surface area contributed by atoms with E-state index in [4.69, 9.17) is 0 Å². The first-order chi connectivity index (χ1) is 20.2. The van der Waals surface area contributed by atoms with Crippen LogP contribution in [0.4, 0.5) is 0 Å². The maximum atomic E-state index is 9.41. The minimum absolute atomic E-state index is 0.334. The van der Waals surface area contributed by atoms with Gasteiger partial charge in [-0.05, 0) is 86.6 Å². The Morgan fingerprint density at radius 1 is 0.415 bits per heavy atom. The first kappa shape index (κ1) is 25.1. The summed E-state index contributed by atoms with van der Waals surface area (Å²) in [5.41, 5.74) is 6.44. The van der Waals surface area contributed by atoms with Gasteiger partial charge in [0.05, 0.1) is 0 Å². The van der Waals surface area contributed by atoms with Crippen LogP contribution in [0.5, 0.6) is 5.75 Å². The van der Waals surface area contributed by atoms with Gasteiger partial charge in [-0.1, -0.05) is 115 Å². The molecular weight excluding hydrogens is 516 g/mol. The van der Waals surface area contributed by atoms with Crippen LogP contribution in [0.15, 0.2) is 146 Å². The van der Waals surface area contributed by atoms with Crippen LogP contribution in [-0.2, 0) is 0 Å². The average Bonchev–Trinajstić information content (AvgIpc) is 3.40. The fraction of sp³-hybridized carbons (Fsp3) is 0.0256. The van der Waals surface area contributed by atoms with Crippen molar-refractivity contribution >= 4 is 53.1 Å². The smallest absolute Gasteiger partial charge is 0.116 e. The molecule has 0 radical (unpaired) electrons. The third-order valence-electron chi connectivity index (χ3n) is 7.82. The van der Waals surface area contributed by atoms with E-state index in [1.54, 1.807) is 17.4 Å². The maximum Gasteiger partial charge on any atom is 0.116 e. The van der Waals surface area contributed by atoms with Crippen molar-refractivity contribution in [3.63, 3.8) is 0 Å². The number of thiophene rings is 1. The zero-order valence-electron chi connectivity index (χ0n) is 22.7. The Hall–Kier alpha value is -4.92. The summed E-state index contributed by atoms with van der Waals surface area (Å²) in [6.45, 7) is 2.23. The molecule has 1 N–H and O–H groups in total. The number of phenols is 1. The summed E-state index contributed by atoms with van der Waals surface area (Å²) in [5, 5.41) is 17.1. The summed E-state index contributed by atoms with van der Waals surface area (Å²) in [4.78, 5) is 0. The molecule has 0 bridgehead atoms. The second kappa shape index (κ2) is 10.6. The molecule has 0 spiro atoms. The predicted molar refractivity (Wildman–Crippen MR) is 178 cm³/mol. The fourth-order valence-corrected chi connectivity index (χ4v) is 6.94. The van der Waals surface area contributed by atoms with Crippen LogP contribution in [-0.4, -0.2) is 5.11 Å². The topological polar surface area (TPSA) is 20.2 Å². The van der Waals surface area contributed by atoms with Gasteiger partial charge in [0.1, 0.15) is 5.75 Å². The van der Waals surface area contributed by atoms with Gasteiger partial charge in [-0.3, -0.25) is 0 Å². The number of aryl methyl sites for hydroxylation is 1. The molecule has 0 aliphatic heterocycles. The highest BCUT2D eigenvalue weighted by molar-refractivity contribution is 7.25. The van der Waals surface area contributed by atoms with Gasteiger partial charge in [-0.25, -0.2) is 0 Å². The molecule has 1 heterocycles. The number of benzene rings is 7. The van der Waals surface area contributed by atoms with Crippen molar-refractivity contribution < 1.29 is 5.11 Å². The van der Waals surface area contributed by atoms with Crippen LogP contribution in [0.1, 0.15) is 5.56 Å². The van der Waals surface area contributed by atoms with Crippen molar-refractivity contribution in [1.82, 2.24) is 0 Å². The Balaban J connectivity index is 0.000000165. The van der Waals surface area contributed by atoms with Crippen molar-refractivity contribution in [2.45, 2.75) is 6.92 Å². The molecule has 0 atom stereocenters. The Kier molecular flexibility index (Phi) is 6.47. The van der Waals surface area contributed by atoms with Crippen molar-refractivity contribution in [1.29, 1.82) is 0 Å². The van der Waals surface area contributed by atoms with E-state index in [1.165, 1.54) is 64.1 Å². The van der Waals surface area contributed by atoms with Crippen molar-refractivity contribution in [2.24, 2.45) is 0 Å². The molecule has 196 valence electrons. The molecule has 8 rings (SSSR count). The summed E-state index contributed by atoms with van der Waals surface area (Å²) < 4.78 is 2.50. The molecule has 7 aromatic carbocycles. The van der Waals surface area contributed by atoms with Gasteiger partial charge in [0.15, 0.2) is 0 Å². The van der Waals surface area contributed by atoms with E-state index >= 15 is 0 Å². The molecule has 41 heavy (non-hydrogen) atoms. The lowest BCUT2D eigenvalue weighted by molar-refractivity contribution is 0.476. The molecule has 1 nitrogen and oxygen atoms in total.